The smallest absolute Gasteiger partial charge is 0.277 e. The normalized spacial score (nSPS) is 10.2. The van der Waals surface area contributed by atoms with Gasteiger partial charge in [0.05, 0.1) is 5.69 Å². The van der Waals surface area contributed by atoms with Crippen molar-refractivity contribution in [2.75, 3.05) is 11.1 Å². The molecule has 3 N–H and O–H groups in total. The summed E-state index contributed by atoms with van der Waals surface area (Å²) >= 11 is 0. The summed E-state index contributed by atoms with van der Waals surface area (Å²) in [5.74, 6) is -3.06. The number of hydrogen-bond acceptors (Lipinski definition) is 4. The van der Waals surface area contributed by atoms with Gasteiger partial charge in [-0.05, 0) is 12.1 Å². The highest BCUT2D eigenvalue weighted by molar-refractivity contribution is 6.04. The third-order valence-electron chi connectivity index (χ3n) is 2.04. The third-order valence-corrected chi connectivity index (χ3v) is 2.04. The first-order valence-electron chi connectivity index (χ1n) is 4.55. The lowest BCUT2D eigenvalue weighted by Gasteiger charge is -2.08. The van der Waals surface area contributed by atoms with E-state index in [1.54, 1.807) is 0 Å². The van der Waals surface area contributed by atoms with Crippen LogP contribution in [0.1, 0.15) is 10.5 Å². The topological polar surface area (TPSA) is 81.1 Å². The van der Waals surface area contributed by atoms with Crippen LogP contribution in [0.15, 0.2) is 29.0 Å². The molecule has 0 aliphatic heterocycles. The Morgan fingerprint density at radius 3 is 2.76 bits per heavy atom. The van der Waals surface area contributed by atoms with Gasteiger partial charge in [-0.1, -0.05) is 5.16 Å². The number of nitrogens with two attached hydrogens (primary N) is 1. The quantitative estimate of drug-likeness (QED) is 0.783. The fourth-order valence-electron chi connectivity index (χ4n) is 1.20. The maximum atomic E-state index is 13.4. The van der Waals surface area contributed by atoms with Crippen LogP contribution in [0.5, 0.6) is 0 Å². The van der Waals surface area contributed by atoms with Gasteiger partial charge in [-0.2, -0.15) is 0 Å². The molecule has 0 fully saturated rings. The second kappa shape index (κ2) is 4.20. The minimum absolute atomic E-state index is 0.0620. The van der Waals surface area contributed by atoms with Crippen LogP contribution in [0.2, 0.25) is 0 Å². The van der Waals surface area contributed by atoms with Crippen LogP contribution in [0.25, 0.3) is 0 Å². The van der Waals surface area contributed by atoms with Crippen LogP contribution in [0, 0.1) is 11.6 Å². The van der Waals surface area contributed by atoms with Crippen molar-refractivity contribution in [1.29, 1.82) is 0 Å². The van der Waals surface area contributed by atoms with Crippen LogP contribution in [0.4, 0.5) is 20.2 Å². The molecule has 0 bridgehead atoms. The molecule has 88 valence electrons. The number of anilines is 2. The minimum atomic E-state index is -1.22. The van der Waals surface area contributed by atoms with E-state index in [0.717, 1.165) is 12.1 Å². The van der Waals surface area contributed by atoms with Crippen molar-refractivity contribution in [2.24, 2.45) is 0 Å². The zero-order valence-electron chi connectivity index (χ0n) is 8.41. The van der Waals surface area contributed by atoms with Crippen molar-refractivity contribution >= 4 is 17.3 Å². The molecule has 2 aromatic rings. The molecule has 0 spiro atoms. The summed E-state index contributed by atoms with van der Waals surface area (Å²) in [5.41, 5.74) is 4.86. The Morgan fingerprint density at radius 1 is 1.35 bits per heavy atom. The lowest BCUT2D eigenvalue weighted by atomic mass is 10.2. The Morgan fingerprint density at radius 2 is 2.12 bits per heavy atom. The largest absolute Gasteiger partial charge is 0.397 e. The second-order valence-electron chi connectivity index (χ2n) is 3.16. The Labute approximate surface area is 94.2 Å². The van der Waals surface area contributed by atoms with Gasteiger partial charge in [-0.15, -0.1) is 0 Å². The molecule has 0 radical (unpaired) electrons. The first kappa shape index (κ1) is 11.1. The number of rotatable bonds is 2. The first-order chi connectivity index (χ1) is 8.09. The number of halogens is 2. The van der Waals surface area contributed by atoms with Gasteiger partial charge in [-0.3, -0.25) is 4.79 Å². The minimum Gasteiger partial charge on any atom is -0.397 e. The molecule has 5 nitrogen and oxygen atoms in total. The standard InChI is InChI=1S/C10H7F2N3O2/c11-5-1-2-6(13)9(8(5)12)14-10(16)7-3-4-17-15-7/h1-4H,13H2,(H,14,16). The predicted molar refractivity (Wildman–Crippen MR) is 55.2 cm³/mol. The van der Waals surface area contributed by atoms with Gasteiger partial charge in [0.15, 0.2) is 17.3 Å². The van der Waals surface area contributed by atoms with Crippen molar-refractivity contribution < 1.29 is 18.1 Å². The van der Waals surface area contributed by atoms with Gasteiger partial charge in [0.2, 0.25) is 0 Å². The van der Waals surface area contributed by atoms with Gasteiger partial charge in [0.1, 0.15) is 12.0 Å². The van der Waals surface area contributed by atoms with Crippen molar-refractivity contribution in [3.8, 4) is 0 Å². The summed E-state index contributed by atoms with van der Waals surface area (Å²) in [6.45, 7) is 0. The van der Waals surface area contributed by atoms with E-state index < -0.39 is 23.2 Å². The first-order valence-corrected chi connectivity index (χ1v) is 4.55. The fourth-order valence-corrected chi connectivity index (χ4v) is 1.20. The Hall–Kier alpha value is -2.44. The third kappa shape index (κ3) is 2.07. The number of nitrogens with one attached hydrogen (secondary N) is 1. The predicted octanol–water partition coefficient (Wildman–Crippen LogP) is 1.79. The number of benzene rings is 1. The molecule has 1 aromatic carbocycles. The van der Waals surface area contributed by atoms with Crippen molar-refractivity contribution in [1.82, 2.24) is 5.16 Å². The Balaban J connectivity index is 2.31. The van der Waals surface area contributed by atoms with Crippen molar-refractivity contribution in [3.05, 3.63) is 41.8 Å². The average Bonchev–Trinajstić information content (AvgIpc) is 2.83. The van der Waals surface area contributed by atoms with Crippen LogP contribution >= 0.6 is 0 Å². The van der Waals surface area contributed by atoms with Gasteiger partial charge >= 0.3 is 0 Å². The highest BCUT2D eigenvalue weighted by Crippen LogP contribution is 2.24. The number of amides is 1. The summed E-state index contributed by atoms with van der Waals surface area (Å²) < 4.78 is 30.7. The van der Waals surface area contributed by atoms with E-state index >= 15 is 0 Å². The summed E-state index contributed by atoms with van der Waals surface area (Å²) in [6, 6.07) is 3.30. The number of nitrogen functional groups attached to an aromatic ring is 1. The zero-order chi connectivity index (χ0) is 12.4. The molecule has 1 aromatic heterocycles. The highest BCUT2D eigenvalue weighted by atomic mass is 19.2. The maximum Gasteiger partial charge on any atom is 0.277 e. The molecule has 1 amide bonds. The highest BCUT2D eigenvalue weighted by Gasteiger charge is 2.16. The summed E-state index contributed by atoms with van der Waals surface area (Å²) in [6.07, 6.45) is 1.18. The summed E-state index contributed by atoms with van der Waals surface area (Å²) in [7, 11) is 0. The van der Waals surface area contributed by atoms with E-state index in [1.165, 1.54) is 12.3 Å². The van der Waals surface area contributed by atoms with E-state index in [2.05, 4.69) is 15.0 Å². The number of carbonyl (C=O) groups excluding carboxylic acids is 1. The molecule has 17 heavy (non-hydrogen) atoms. The molecular formula is C10H7F2N3O2. The number of hydrogen-bond donors (Lipinski definition) is 2. The van der Waals surface area contributed by atoms with E-state index in [-0.39, 0.29) is 11.4 Å². The van der Waals surface area contributed by atoms with Crippen LogP contribution in [0.3, 0.4) is 0 Å². The van der Waals surface area contributed by atoms with Crippen molar-refractivity contribution in [2.45, 2.75) is 0 Å². The molecular weight excluding hydrogens is 232 g/mol. The maximum absolute atomic E-state index is 13.4. The molecule has 0 aliphatic carbocycles. The van der Waals surface area contributed by atoms with Gasteiger partial charge < -0.3 is 15.6 Å². The molecule has 0 atom stereocenters. The van der Waals surface area contributed by atoms with Crippen LogP contribution < -0.4 is 11.1 Å². The molecule has 0 unspecified atom stereocenters. The second-order valence-corrected chi connectivity index (χ2v) is 3.16. The zero-order valence-corrected chi connectivity index (χ0v) is 8.41. The van der Waals surface area contributed by atoms with E-state index in [1.807, 2.05) is 0 Å². The monoisotopic (exact) mass is 239 g/mol. The van der Waals surface area contributed by atoms with E-state index in [0.29, 0.717) is 0 Å². The van der Waals surface area contributed by atoms with Gasteiger partial charge in [-0.25, -0.2) is 8.78 Å². The molecule has 0 saturated carbocycles. The molecule has 0 aliphatic rings. The van der Waals surface area contributed by atoms with Crippen molar-refractivity contribution in [3.63, 3.8) is 0 Å². The lowest BCUT2D eigenvalue weighted by molar-refractivity contribution is 0.101. The Bertz CT molecular complexity index is 555. The number of nitrogens with zero attached hydrogens (tertiary/aromatic N) is 1. The lowest BCUT2D eigenvalue weighted by Crippen LogP contribution is -2.15. The van der Waals surface area contributed by atoms with Crippen LogP contribution in [-0.2, 0) is 0 Å². The summed E-state index contributed by atoms with van der Waals surface area (Å²) in [4.78, 5) is 11.5. The Kier molecular flexibility index (Phi) is 2.73. The number of aromatic nitrogens is 1. The average molecular weight is 239 g/mol. The fraction of sp³-hybridized carbons (Fsp3) is 0. The van der Waals surface area contributed by atoms with Crippen LogP contribution in [-0.4, -0.2) is 11.1 Å². The van der Waals surface area contributed by atoms with E-state index in [9.17, 15) is 13.6 Å². The van der Waals surface area contributed by atoms with Gasteiger partial charge in [0.25, 0.3) is 5.91 Å². The molecule has 0 saturated heterocycles. The van der Waals surface area contributed by atoms with Gasteiger partial charge in [0, 0.05) is 6.07 Å². The molecule has 2 rings (SSSR count). The SMILES string of the molecule is Nc1ccc(F)c(F)c1NC(=O)c1ccon1. The summed E-state index contributed by atoms with van der Waals surface area (Å²) in [5, 5.41) is 5.47. The molecule has 7 heteroatoms. The number of carbonyl (C=O) groups is 1. The van der Waals surface area contributed by atoms with E-state index in [4.69, 9.17) is 5.73 Å². The molecule has 1 heterocycles.